The van der Waals surface area contributed by atoms with Crippen molar-refractivity contribution in [2.45, 2.75) is 111 Å². The molecule has 0 aliphatic rings. The van der Waals surface area contributed by atoms with Gasteiger partial charge in [-0.2, -0.15) is 0 Å². The van der Waals surface area contributed by atoms with E-state index in [2.05, 4.69) is 80.0 Å². The molecule has 0 aromatic heterocycles. The maximum Gasteiger partial charge on any atom is 0.299 e. The predicted molar refractivity (Wildman–Crippen MR) is 152 cm³/mol. The summed E-state index contributed by atoms with van der Waals surface area (Å²) in [5.41, 5.74) is 16.8. The Balaban J connectivity index is 2.41. The number of aryl methyl sites for hydroxylation is 2. The molecule has 0 amide bonds. The number of nitrogens with zero attached hydrogens (tertiary/aromatic N) is 2. The first-order valence-electron chi connectivity index (χ1n) is 14.1. The number of unbranched alkanes of at least 4 members (excludes halogenated alkanes) is 8. The van der Waals surface area contributed by atoms with Crippen LogP contribution in [0.25, 0.3) is 11.1 Å². The van der Waals surface area contributed by atoms with Crippen molar-refractivity contribution in [2.75, 3.05) is 0 Å². The van der Waals surface area contributed by atoms with Gasteiger partial charge in [-0.05, 0) is 71.9 Å². The first-order chi connectivity index (χ1) is 17.2. The minimum absolute atomic E-state index is 0.941. The normalized spacial score (nSPS) is 11.5. The third kappa shape index (κ3) is 10.6. The van der Waals surface area contributed by atoms with Gasteiger partial charge in [0.25, 0.3) is 5.87 Å². The highest BCUT2D eigenvalue weighted by Crippen LogP contribution is 2.31. The second-order valence-corrected chi connectivity index (χ2v) is 9.75. The van der Waals surface area contributed by atoms with Crippen LogP contribution in [0.5, 0.6) is 0 Å². The molecule has 0 saturated carbocycles. The smallest absolute Gasteiger partial charge is 0.299 e. The van der Waals surface area contributed by atoms with E-state index in [-0.39, 0.29) is 0 Å². The molecule has 2 aromatic carbocycles. The topological polar surface area (TPSA) is 36.4 Å². The number of hydrogen-bond donors (Lipinski definition) is 0. The summed E-state index contributed by atoms with van der Waals surface area (Å²) in [5, 5.41) is 0. The Bertz CT molecular complexity index is 988. The van der Waals surface area contributed by atoms with E-state index in [1.54, 1.807) is 0 Å². The lowest BCUT2D eigenvalue weighted by Crippen LogP contribution is -1.98. The molecule has 2 aromatic rings. The van der Waals surface area contributed by atoms with Crippen molar-refractivity contribution in [3.8, 4) is 0 Å². The van der Waals surface area contributed by atoms with Gasteiger partial charge in [-0.15, -0.1) is 4.79 Å². The molecule has 0 atom stereocenters. The van der Waals surface area contributed by atoms with Gasteiger partial charge in [-0.3, -0.25) is 0 Å². The second kappa shape index (κ2) is 17.7. The third-order valence-corrected chi connectivity index (χ3v) is 6.74. The molecule has 0 unspecified atom stereocenters. The third-order valence-electron chi connectivity index (χ3n) is 6.74. The summed E-state index contributed by atoms with van der Waals surface area (Å²) in [4.78, 5) is 3.17. The molecule has 188 valence electrons. The molecular formula is C33H46N2. The highest BCUT2D eigenvalue weighted by atomic mass is 14.8. The maximum absolute atomic E-state index is 9.11. The van der Waals surface area contributed by atoms with Gasteiger partial charge in [0.05, 0.1) is 6.08 Å². The summed E-state index contributed by atoms with van der Waals surface area (Å²) in [6.07, 6.45) is 18.9. The molecule has 2 rings (SSSR count). The van der Waals surface area contributed by atoms with E-state index in [1.807, 2.05) is 6.08 Å². The Hall–Kier alpha value is -2.66. The second-order valence-electron chi connectivity index (χ2n) is 9.75. The average Bonchev–Trinajstić information content (AvgIpc) is 2.88. The highest BCUT2D eigenvalue weighted by Gasteiger charge is 2.13. The van der Waals surface area contributed by atoms with Crippen LogP contribution in [-0.4, -0.2) is 10.7 Å². The van der Waals surface area contributed by atoms with Crippen molar-refractivity contribution in [1.82, 2.24) is 0 Å². The quantitative estimate of drug-likeness (QED) is 0.0725. The summed E-state index contributed by atoms with van der Waals surface area (Å²) in [6, 6.07) is 18.1. The first-order valence-corrected chi connectivity index (χ1v) is 14.1. The molecule has 0 fully saturated rings. The molecule has 35 heavy (non-hydrogen) atoms. The van der Waals surface area contributed by atoms with Crippen LogP contribution >= 0.6 is 0 Å². The van der Waals surface area contributed by atoms with Crippen molar-refractivity contribution in [3.63, 3.8) is 0 Å². The van der Waals surface area contributed by atoms with Crippen LogP contribution in [-0.2, 0) is 12.8 Å². The summed E-state index contributed by atoms with van der Waals surface area (Å²) in [6.45, 7) is 6.75. The molecule has 0 saturated heterocycles. The van der Waals surface area contributed by atoms with Crippen molar-refractivity contribution in [1.29, 1.82) is 0 Å². The molecule has 0 spiro atoms. The van der Waals surface area contributed by atoms with Crippen molar-refractivity contribution in [3.05, 3.63) is 88.0 Å². The standard InChI is InChI=1S/C33H46N2/c1-4-7-10-11-12-14-18-29-20-16-23-32(27-29)33(30(21-9-6-3)24-25-35-34)31-22-15-19-28(26-31)17-13-8-5-2/h15-16,19-20,22-24,26-27H,4-14,17-18,21H2,1-3H3. The van der Waals surface area contributed by atoms with Gasteiger partial charge in [-0.25, -0.2) is 0 Å². The van der Waals surface area contributed by atoms with Gasteiger partial charge >= 0.3 is 0 Å². The summed E-state index contributed by atoms with van der Waals surface area (Å²) < 4.78 is 0. The molecule has 0 radical (unpaired) electrons. The number of benzene rings is 2. The predicted octanol–water partition coefficient (Wildman–Crippen LogP) is 9.77. The van der Waals surface area contributed by atoms with E-state index >= 15 is 0 Å². The van der Waals surface area contributed by atoms with Crippen LogP contribution in [0, 0.1) is 0 Å². The SMILES string of the molecule is CCCCCCCCc1cccc(C(=C(C=C=[N+]=[N-])CCCC)c2cccc(CCCCC)c2)c1. The maximum atomic E-state index is 9.11. The lowest BCUT2D eigenvalue weighted by Gasteiger charge is -2.16. The molecule has 2 heteroatoms. The van der Waals surface area contributed by atoms with Gasteiger partial charge in [0, 0.05) is 0 Å². The van der Waals surface area contributed by atoms with E-state index in [4.69, 9.17) is 5.53 Å². The van der Waals surface area contributed by atoms with E-state index in [9.17, 15) is 0 Å². The van der Waals surface area contributed by atoms with Crippen LogP contribution in [0.15, 0.2) is 60.2 Å². The summed E-state index contributed by atoms with van der Waals surface area (Å²) in [7, 11) is 0. The molecule has 2 nitrogen and oxygen atoms in total. The fourth-order valence-electron chi connectivity index (χ4n) is 4.73. The Morgan fingerprint density at radius 2 is 1.23 bits per heavy atom. The number of hydrogen-bond acceptors (Lipinski definition) is 0. The zero-order valence-corrected chi connectivity index (χ0v) is 22.5. The first kappa shape index (κ1) is 28.6. The zero-order chi connectivity index (χ0) is 25.1. The van der Waals surface area contributed by atoms with E-state index < -0.39 is 0 Å². The van der Waals surface area contributed by atoms with Crippen LogP contribution in [0.1, 0.15) is 120 Å². The highest BCUT2D eigenvalue weighted by molar-refractivity contribution is 5.85. The van der Waals surface area contributed by atoms with Gasteiger partial charge in [-0.1, -0.05) is 121 Å². The van der Waals surface area contributed by atoms with Gasteiger partial charge < -0.3 is 5.53 Å². The minimum atomic E-state index is 0.941. The van der Waals surface area contributed by atoms with Crippen molar-refractivity contribution >= 4 is 11.4 Å². The molecule has 0 heterocycles. The molecule has 0 N–H and O–H groups in total. The molecule has 0 aliphatic carbocycles. The minimum Gasteiger partial charge on any atom is -0.348 e. The van der Waals surface area contributed by atoms with Crippen LogP contribution in [0.2, 0.25) is 0 Å². The average molecular weight is 471 g/mol. The van der Waals surface area contributed by atoms with Crippen molar-refractivity contribution < 1.29 is 4.79 Å². The molecular weight excluding hydrogens is 424 g/mol. The largest absolute Gasteiger partial charge is 0.348 e. The number of rotatable bonds is 17. The molecule has 0 aliphatic heterocycles. The van der Waals surface area contributed by atoms with E-state index in [1.165, 1.54) is 91.2 Å². The Labute approximate surface area is 214 Å². The van der Waals surface area contributed by atoms with Gasteiger partial charge in [0.1, 0.15) is 0 Å². The van der Waals surface area contributed by atoms with Gasteiger partial charge in [0.2, 0.25) is 0 Å². The lowest BCUT2D eigenvalue weighted by atomic mass is 9.88. The molecule has 0 bridgehead atoms. The van der Waals surface area contributed by atoms with E-state index in [0.29, 0.717) is 0 Å². The monoisotopic (exact) mass is 470 g/mol. The van der Waals surface area contributed by atoms with Crippen LogP contribution < -0.4 is 0 Å². The van der Waals surface area contributed by atoms with Crippen LogP contribution in [0.4, 0.5) is 0 Å². The Kier molecular flexibility index (Phi) is 14.5. The lowest BCUT2D eigenvalue weighted by molar-refractivity contribution is 0.00800. The zero-order valence-electron chi connectivity index (χ0n) is 22.5. The fourth-order valence-corrected chi connectivity index (χ4v) is 4.73. The Morgan fingerprint density at radius 1 is 0.714 bits per heavy atom. The van der Waals surface area contributed by atoms with Gasteiger partial charge in [0.15, 0.2) is 0 Å². The van der Waals surface area contributed by atoms with E-state index in [0.717, 1.165) is 32.1 Å². The summed E-state index contributed by atoms with van der Waals surface area (Å²) >= 11 is 0. The summed E-state index contributed by atoms with van der Waals surface area (Å²) in [5.74, 6) is 2.70. The van der Waals surface area contributed by atoms with Crippen LogP contribution in [0.3, 0.4) is 0 Å². The fraction of sp³-hybridized carbons (Fsp3) is 0.515. The number of allylic oxidation sites excluding steroid dienone is 2. The van der Waals surface area contributed by atoms with Crippen molar-refractivity contribution in [2.24, 2.45) is 0 Å². The Morgan fingerprint density at radius 3 is 1.80 bits per heavy atom.